The van der Waals surface area contributed by atoms with E-state index in [1.807, 2.05) is 42.4 Å². The van der Waals surface area contributed by atoms with Crippen LogP contribution >= 0.6 is 23.4 Å². The van der Waals surface area contributed by atoms with Gasteiger partial charge in [-0.1, -0.05) is 37.2 Å². The predicted octanol–water partition coefficient (Wildman–Crippen LogP) is 5.34. The van der Waals surface area contributed by atoms with E-state index < -0.39 is 0 Å². The van der Waals surface area contributed by atoms with Crippen LogP contribution in [0.4, 0.5) is 11.5 Å². The quantitative estimate of drug-likeness (QED) is 0.719. The topological polar surface area (TPSA) is 33.4 Å². The summed E-state index contributed by atoms with van der Waals surface area (Å²) in [5, 5.41) is 1.79. The Balaban J connectivity index is 1.90. The van der Waals surface area contributed by atoms with E-state index in [0.29, 0.717) is 5.92 Å². The highest BCUT2D eigenvalue weighted by molar-refractivity contribution is 8.14. The van der Waals surface area contributed by atoms with E-state index in [1.54, 1.807) is 0 Å². The van der Waals surface area contributed by atoms with Crippen molar-refractivity contribution < 1.29 is 0 Å². The van der Waals surface area contributed by atoms with E-state index in [-0.39, 0.29) is 0 Å². The summed E-state index contributed by atoms with van der Waals surface area (Å²) in [7, 11) is 0. The third-order valence-electron chi connectivity index (χ3n) is 4.03. The van der Waals surface area contributed by atoms with Crippen molar-refractivity contribution in [2.75, 3.05) is 10.7 Å². The lowest BCUT2D eigenvalue weighted by Gasteiger charge is -2.28. The molecule has 0 aliphatic carbocycles. The molecule has 1 aromatic carbocycles. The molecule has 0 bridgehead atoms. The second kappa shape index (κ2) is 7.62. The molecule has 0 unspecified atom stereocenters. The maximum Gasteiger partial charge on any atom is 0.170 e. The average molecular weight is 363 g/mol. The van der Waals surface area contributed by atoms with Crippen molar-refractivity contribution in [1.29, 1.82) is 0 Å². The first-order valence-corrected chi connectivity index (χ1v) is 9.73. The summed E-state index contributed by atoms with van der Waals surface area (Å²) in [6, 6.07) is 7.94. The molecule has 2 heterocycles. The molecule has 0 amide bonds. The van der Waals surface area contributed by atoms with Crippen LogP contribution in [0.5, 0.6) is 0 Å². The zero-order valence-electron chi connectivity index (χ0n) is 14.4. The molecule has 128 valence electrons. The van der Waals surface area contributed by atoms with Gasteiger partial charge in [0.05, 0.1) is 12.9 Å². The molecule has 6 heteroatoms. The summed E-state index contributed by atoms with van der Waals surface area (Å²) < 4.78 is 2.11. The lowest BCUT2D eigenvalue weighted by Crippen LogP contribution is -2.31. The van der Waals surface area contributed by atoms with Crippen molar-refractivity contribution in [3.63, 3.8) is 0 Å². The third-order valence-corrected chi connectivity index (χ3v) is 5.29. The van der Waals surface area contributed by atoms with Crippen LogP contribution < -0.4 is 4.90 Å². The molecule has 1 aliphatic rings. The molecule has 0 saturated heterocycles. The molecule has 0 saturated carbocycles. The second-order valence-electron chi connectivity index (χ2n) is 6.29. The Bertz CT molecular complexity index is 721. The molecule has 1 aromatic heterocycles. The van der Waals surface area contributed by atoms with Crippen molar-refractivity contribution in [1.82, 2.24) is 9.55 Å². The number of anilines is 1. The number of aryl methyl sites for hydroxylation is 1. The number of rotatable bonds is 5. The smallest absolute Gasteiger partial charge is 0.170 e. The SMILES string of the molecule is CCn1cnc2c1N=C(SCCC(C)C)N(c1ccc(Cl)cc1)C2. The monoisotopic (exact) mass is 362 g/mol. The summed E-state index contributed by atoms with van der Waals surface area (Å²) in [6.07, 6.45) is 3.06. The van der Waals surface area contributed by atoms with Crippen molar-refractivity contribution in [3.05, 3.63) is 41.3 Å². The minimum Gasteiger partial charge on any atom is -0.316 e. The fourth-order valence-corrected chi connectivity index (χ4v) is 3.95. The third kappa shape index (κ3) is 3.78. The normalized spacial score (nSPS) is 14.0. The first-order chi connectivity index (χ1) is 11.6. The summed E-state index contributed by atoms with van der Waals surface area (Å²) in [5.41, 5.74) is 2.13. The first-order valence-electron chi connectivity index (χ1n) is 8.37. The molecule has 0 atom stereocenters. The zero-order chi connectivity index (χ0) is 17.1. The number of aromatic nitrogens is 2. The lowest BCUT2D eigenvalue weighted by atomic mass is 10.2. The van der Waals surface area contributed by atoms with Crippen LogP contribution in [0.25, 0.3) is 0 Å². The van der Waals surface area contributed by atoms with Gasteiger partial charge in [0.25, 0.3) is 0 Å². The van der Waals surface area contributed by atoms with Crippen LogP contribution in [-0.2, 0) is 13.1 Å². The Kier molecular flexibility index (Phi) is 5.51. The first kappa shape index (κ1) is 17.4. The van der Waals surface area contributed by atoms with Crippen molar-refractivity contribution >= 4 is 40.0 Å². The van der Waals surface area contributed by atoms with E-state index in [4.69, 9.17) is 16.6 Å². The maximum absolute atomic E-state index is 6.04. The molecule has 0 spiro atoms. The van der Waals surface area contributed by atoms with Gasteiger partial charge in [-0.25, -0.2) is 9.98 Å². The molecule has 0 N–H and O–H groups in total. The molecular formula is C18H23ClN4S. The van der Waals surface area contributed by atoms with Crippen molar-refractivity contribution in [3.8, 4) is 0 Å². The Labute approximate surface area is 152 Å². The van der Waals surface area contributed by atoms with Gasteiger partial charge in [-0.05, 0) is 43.5 Å². The van der Waals surface area contributed by atoms with E-state index >= 15 is 0 Å². The van der Waals surface area contributed by atoms with E-state index in [1.165, 1.54) is 6.42 Å². The van der Waals surface area contributed by atoms with Gasteiger partial charge in [-0.2, -0.15) is 0 Å². The fourth-order valence-electron chi connectivity index (χ4n) is 2.58. The minimum absolute atomic E-state index is 0.697. The van der Waals surface area contributed by atoms with E-state index in [9.17, 15) is 0 Å². The van der Waals surface area contributed by atoms with E-state index in [0.717, 1.165) is 46.2 Å². The van der Waals surface area contributed by atoms with Crippen LogP contribution in [0.1, 0.15) is 32.9 Å². The van der Waals surface area contributed by atoms with Gasteiger partial charge >= 0.3 is 0 Å². The number of benzene rings is 1. The lowest BCUT2D eigenvalue weighted by molar-refractivity contribution is 0.632. The number of imidazole rings is 1. The number of hydrogen-bond acceptors (Lipinski definition) is 4. The number of thioether (sulfide) groups is 1. The number of amidine groups is 1. The number of fused-ring (bicyclic) bond motifs is 1. The second-order valence-corrected chi connectivity index (χ2v) is 7.79. The number of hydrogen-bond donors (Lipinski definition) is 0. The van der Waals surface area contributed by atoms with Crippen LogP contribution in [0.3, 0.4) is 0 Å². The predicted molar refractivity (Wildman–Crippen MR) is 105 cm³/mol. The molecule has 24 heavy (non-hydrogen) atoms. The number of halogens is 1. The van der Waals surface area contributed by atoms with Crippen LogP contribution in [-0.4, -0.2) is 20.5 Å². The molecule has 3 rings (SSSR count). The van der Waals surface area contributed by atoms with Crippen molar-refractivity contribution in [2.24, 2.45) is 10.9 Å². The van der Waals surface area contributed by atoms with E-state index in [2.05, 4.69) is 35.2 Å². The summed E-state index contributed by atoms with van der Waals surface area (Å²) in [6.45, 7) is 8.26. The van der Waals surface area contributed by atoms with Gasteiger partial charge in [0.2, 0.25) is 0 Å². The Hall–Kier alpha value is -1.46. The maximum atomic E-state index is 6.04. The Morgan fingerprint density at radius 2 is 2.00 bits per heavy atom. The van der Waals surface area contributed by atoms with Gasteiger partial charge in [0, 0.05) is 23.0 Å². The molecular weight excluding hydrogens is 340 g/mol. The van der Waals surface area contributed by atoms with Gasteiger partial charge in [-0.15, -0.1) is 0 Å². The largest absolute Gasteiger partial charge is 0.316 e. The van der Waals surface area contributed by atoms with Crippen LogP contribution in [0, 0.1) is 5.92 Å². The van der Waals surface area contributed by atoms with Gasteiger partial charge in [-0.3, -0.25) is 0 Å². The van der Waals surface area contributed by atoms with Gasteiger partial charge in [0.15, 0.2) is 11.0 Å². The van der Waals surface area contributed by atoms with Crippen LogP contribution in [0.15, 0.2) is 35.6 Å². The Morgan fingerprint density at radius 1 is 1.25 bits per heavy atom. The molecule has 4 nitrogen and oxygen atoms in total. The average Bonchev–Trinajstić information content (AvgIpc) is 2.96. The standard InChI is InChI=1S/C18H23ClN4S/c1-4-22-12-20-16-11-23(15-7-5-14(19)6-8-15)18(21-17(16)22)24-10-9-13(2)3/h5-8,12-13H,4,9-11H2,1-3H3. The summed E-state index contributed by atoms with van der Waals surface area (Å²) in [5.74, 6) is 2.76. The van der Waals surface area contributed by atoms with Crippen molar-refractivity contribution in [2.45, 2.75) is 40.3 Å². The molecule has 2 aromatic rings. The highest BCUT2D eigenvalue weighted by Gasteiger charge is 2.25. The molecule has 0 fully saturated rings. The summed E-state index contributed by atoms with van der Waals surface area (Å²) >= 11 is 7.86. The number of nitrogens with zero attached hydrogens (tertiary/aromatic N) is 4. The van der Waals surface area contributed by atoms with Gasteiger partial charge in [0.1, 0.15) is 5.69 Å². The summed E-state index contributed by atoms with van der Waals surface area (Å²) in [4.78, 5) is 11.7. The number of aliphatic imine (C=N–C) groups is 1. The molecule has 1 aliphatic heterocycles. The highest BCUT2D eigenvalue weighted by Crippen LogP contribution is 2.33. The minimum atomic E-state index is 0.697. The Morgan fingerprint density at radius 3 is 2.67 bits per heavy atom. The van der Waals surface area contributed by atoms with Gasteiger partial charge < -0.3 is 9.47 Å². The fraction of sp³-hybridized carbons (Fsp3) is 0.444. The zero-order valence-corrected chi connectivity index (χ0v) is 15.9. The van der Waals surface area contributed by atoms with Crippen LogP contribution in [0.2, 0.25) is 5.02 Å². The highest BCUT2D eigenvalue weighted by atomic mass is 35.5. The molecule has 0 radical (unpaired) electrons.